The third-order valence-electron chi connectivity index (χ3n) is 3.26. The van der Waals surface area contributed by atoms with E-state index in [1.807, 2.05) is 38.2 Å². The molecule has 2 rings (SSSR count). The van der Waals surface area contributed by atoms with Gasteiger partial charge in [-0.25, -0.2) is 4.79 Å². The predicted octanol–water partition coefficient (Wildman–Crippen LogP) is 0.840. The van der Waals surface area contributed by atoms with Crippen molar-refractivity contribution in [2.45, 2.75) is 12.8 Å². The molecule has 1 fully saturated rings. The summed E-state index contributed by atoms with van der Waals surface area (Å²) in [6.45, 7) is 1.45. The van der Waals surface area contributed by atoms with Gasteiger partial charge in [-0.1, -0.05) is 35.8 Å². The summed E-state index contributed by atoms with van der Waals surface area (Å²) in [5, 5.41) is 9.33. The van der Waals surface area contributed by atoms with E-state index >= 15 is 0 Å². The number of carboxylic acid groups (broad SMARTS) is 1. The molecule has 18 heavy (non-hydrogen) atoms. The molecule has 3 nitrogen and oxygen atoms in total. The Bertz CT molecular complexity index is 445. The first-order chi connectivity index (χ1) is 8.66. The molecule has 1 aliphatic heterocycles. The molecule has 0 spiro atoms. The van der Waals surface area contributed by atoms with E-state index < -0.39 is 5.97 Å². The third kappa shape index (κ3) is 3.23. The molecule has 0 radical (unpaired) electrons. The van der Waals surface area contributed by atoms with Crippen LogP contribution in [0.4, 0.5) is 0 Å². The summed E-state index contributed by atoms with van der Waals surface area (Å²) in [4.78, 5) is 11.4. The van der Waals surface area contributed by atoms with Crippen LogP contribution in [0.2, 0.25) is 0 Å². The largest absolute Gasteiger partial charge is 0.478 e. The number of allylic oxidation sites excluding steroid dienone is 1. The van der Waals surface area contributed by atoms with Crippen LogP contribution in [0.3, 0.4) is 0 Å². The fourth-order valence-corrected chi connectivity index (χ4v) is 2.14. The van der Waals surface area contributed by atoms with E-state index in [1.165, 1.54) is 0 Å². The smallest absolute Gasteiger partial charge is 0.335 e. The van der Waals surface area contributed by atoms with Gasteiger partial charge >= 0.3 is 5.97 Å². The minimum atomic E-state index is -0.856. The van der Waals surface area contributed by atoms with E-state index in [0.29, 0.717) is 11.5 Å². The van der Waals surface area contributed by atoms with Crippen molar-refractivity contribution < 1.29 is 14.6 Å². The SMILES string of the molecule is Bc1ccc(/C(=C\C2CCOCC2)C(=O)O)cc1. The molecule has 94 valence electrons. The standard InChI is InChI=1S/C14H17BO3/c15-12-3-1-11(2-4-12)13(14(16)17)9-10-5-7-18-8-6-10/h1-4,9-10H,5-8,15H2,(H,16,17)/b13-9+. The fourth-order valence-electron chi connectivity index (χ4n) is 2.14. The zero-order chi connectivity index (χ0) is 13.0. The van der Waals surface area contributed by atoms with E-state index in [1.54, 1.807) is 0 Å². The molecule has 4 heteroatoms. The van der Waals surface area contributed by atoms with Crippen molar-refractivity contribution in [3.63, 3.8) is 0 Å². The van der Waals surface area contributed by atoms with Crippen LogP contribution < -0.4 is 5.46 Å². The van der Waals surface area contributed by atoms with Crippen molar-refractivity contribution in [1.82, 2.24) is 0 Å². The molecule has 1 aromatic carbocycles. The summed E-state index contributed by atoms with van der Waals surface area (Å²) in [5.74, 6) is -0.545. The number of ether oxygens (including phenoxy) is 1. The number of hydrogen-bond acceptors (Lipinski definition) is 2. The first kappa shape index (κ1) is 12.9. The van der Waals surface area contributed by atoms with Gasteiger partial charge in [0.2, 0.25) is 0 Å². The maximum atomic E-state index is 11.4. The summed E-state index contributed by atoms with van der Waals surface area (Å²) in [7, 11) is 1.99. The second kappa shape index (κ2) is 5.87. The highest BCUT2D eigenvalue weighted by Crippen LogP contribution is 2.22. The number of rotatable bonds is 3. The molecule has 1 N–H and O–H groups in total. The van der Waals surface area contributed by atoms with Crippen molar-refractivity contribution in [1.29, 1.82) is 0 Å². The zero-order valence-electron chi connectivity index (χ0n) is 10.6. The fraction of sp³-hybridized carbons (Fsp3) is 0.357. The van der Waals surface area contributed by atoms with Gasteiger partial charge in [0.05, 0.1) is 5.57 Å². The monoisotopic (exact) mass is 244 g/mol. The van der Waals surface area contributed by atoms with Crippen LogP contribution in [0.5, 0.6) is 0 Å². The molecule has 1 aromatic rings. The van der Waals surface area contributed by atoms with Gasteiger partial charge in [-0.2, -0.15) is 0 Å². The quantitative estimate of drug-likeness (QED) is 0.633. The van der Waals surface area contributed by atoms with Gasteiger partial charge in [-0.15, -0.1) is 0 Å². The number of carbonyl (C=O) groups is 1. The van der Waals surface area contributed by atoms with E-state index in [9.17, 15) is 9.90 Å². The number of hydrogen-bond donors (Lipinski definition) is 1. The van der Waals surface area contributed by atoms with Crippen molar-refractivity contribution in [3.05, 3.63) is 35.9 Å². The highest BCUT2D eigenvalue weighted by Gasteiger charge is 2.16. The van der Waals surface area contributed by atoms with Crippen molar-refractivity contribution >= 4 is 24.9 Å². The second-order valence-electron chi connectivity index (χ2n) is 4.70. The zero-order valence-corrected chi connectivity index (χ0v) is 10.6. The maximum absolute atomic E-state index is 11.4. The predicted molar refractivity (Wildman–Crippen MR) is 73.8 cm³/mol. The topological polar surface area (TPSA) is 46.5 Å². The van der Waals surface area contributed by atoms with Crippen molar-refractivity contribution in [3.8, 4) is 0 Å². The van der Waals surface area contributed by atoms with E-state index in [4.69, 9.17) is 4.74 Å². The number of benzene rings is 1. The lowest BCUT2D eigenvalue weighted by molar-refractivity contribution is -0.130. The second-order valence-corrected chi connectivity index (χ2v) is 4.70. The molecule has 0 amide bonds. The van der Waals surface area contributed by atoms with Crippen LogP contribution in [0.25, 0.3) is 5.57 Å². The normalized spacial score (nSPS) is 17.7. The first-order valence-corrected chi connectivity index (χ1v) is 6.26. The van der Waals surface area contributed by atoms with Crippen LogP contribution in [-0.2, 0) is 9.53 Å². The van der Waals surface area contributed by atoms with Crippen LogP contribution >= 0.6 is 0 Å². The van der Waals surface area contributed by atoms with Gasteiger partial charge in [0, 0.05) is 13.2 Å². The minimum absolute atomic E-state index is 0.311. The minimum Gasteiger partial charge on any atom is -0.478 e. The molecular formula is C14H17BO3. The molecule has 1 aliphatic rings. The van der Waals surface area contributed by atoms with Crippen molar-refractivity contribution in [2.24, 2.45) is 5.92 Å². The van der Waals surface area contributed by atoms with Gasteiger partial charge in [-0.3, -0.25) is 0 Å². The Morgan fingerprint density at radius 1 is 1.28 bits per heavy atom. The lowest BCUT2D eigenvalue weighted by Crippen LogP contribution is -2.15. The first-order valence-electron chi connectivity index (χ1n) is 6.26. The summed E-state index contributed by atoms with van der Waals surface area (Å²) < 4.78 is 5.29. The number of carboxylic acids is 1. The lowest BCUT2D eigenvalue weighted by Gasteiger charge is -2.19. The Labute approximate surface area is 108 Å². The van der Waals surface area contributed by atoms with Gasteiger partial charge in [0.25, 0.3) is 0 Å². The van der Waals surface area contributed by atoms with Gasteiger partial charge in [0.15, 0.2) is 0 Å². The highest BCUT2D eigenvalue weighted by molar-refractivity contribution is 6.32. The van der Waals surface area contributed by atoms with Crippen LogP contribution in [0.15, 0.2) is 30.3 Å². The Kier molecular flexibility index (Phi) is 4.21. The molecule has 1 heterocycles. The van der Waals surface area contributed by atoms with Gasteiger partial charge in [-0.05, 0) is 24.3 Å². The Morgan fingerprint density at radius 2 is 1.89 bits per heavy atom. The van der Waals surface area contributed by atoms with Gasteiger partial charge in [0.1, 0.15) is 7.85 Å². The van der Waals surface area contributed by atoms with E-state index in [0.717, 1.165) is 37.1 Å². The lowest BCUT2D eigenvalue weighted by atomic mass is 9.91. The molecule has 0 bridgehead atoms. The van der Waals surface area contributed by atoms with E-state index in [2.05, 4.69) is 0 Å². The maximum Gasteiger partial charge on any atom is 0.335 e. The van der Waals surface area contributed by atoms with Gasteiger partial charge < -0.3 is 9.84 Å². The summed E-state index contributed by atoms with van der Waals surface area (Å²) >= 11 is 0. The Morgan fingerprint density at radius 3 is 2.44 bits per heavy atom. The van der Waals surface area contributed by atoms with E-state index in [-0.39, 0.29) is 0 Å². The van der Waals surface area contributed by atoms with Crippen LogP contribution in [-0.4, -0.2) is 32.1 Å². The molecular weight excluding hydrogens is 227 g/mol. The van der Waals surface area contributed by atoms with Crippen LogP contribution in [0, 0.1) is 5.92 Å². The van der Waals surface area contributed by atoms with Crippen LogP contribution in [0.1, 0.15) is 18.4 Å². The Balaban J connectivity index is 2.24. The molecule has 1 saturated heterocycles. The Hall–Kier alpha value is -1.55. The van der Waals surface area contributed by atoms with Crippen molar-refractivity contribution in [2.75, 3.05) is 13.2 Å². The molecule has 0 atom stereocenters. The summed E-state index contributed by atoms with van der Waals surface area (Å²) in [5.41, 5.74) is 2.32. The third-order valence-corrected chi connectivity index (χ3v) is 3.26. The summed E-state index contributed by atoms with van der Waals surface area (Å²) in [6, 6.07) is 7.62. The molecule has 0 saturated carbocycles. The average molecular weight is 244 g/mol. The molecule has 0 aromatic heterocycles. The molecule has 0 unspecified atom stereocenters. The molecule has 0 aliphatic carbocycles. The summed E-state index contributed by atoms with van der Waals surface area (Å²) in [6.07, 6.45) is 3.70. The number of aliphatic carboxylic acids is 1. The average Bonchev–Trinajstić information content (AvgIpc) is 2.38. The highest BCUT2D eigenvalue weighted by atomic mass is 16.5.